The summed E-state index contributed by atoms with van der Waals surface area (Å²) >= 11 is 0. The van der Waals surface area contributed by atoms with Gasteiger partial charge in [0.05, 0.1) is 0 Å². The maximum atomic E-state index is 2.20. The lowest BCUT2D eigenvalue weighted by Gasteiger charge is -2.12. The van der Waals surface area contributed by atoms with Crippen LogP contribution in [0.1, 0.15) is 0 Å². The Morgan fingerprint density at radius 2 is 0.870 bits per heavy atom. The average Bonchev–Trinajstić information content (AvgIpc) is 2.62. The fourth-order valence-electron chi connectivity index (χ4n) is 2.59. The van der Waals surface area contributed by atoms with Crippen molar-refractivity contribution < 1.29 is 0 Å². The van der Waals surface area contributed by atoms with Crippen molar-refractivity contribution in [3.05, 3.63) is 91.0 Å². The normalized spacial score (nSPS) is 10.2. The SMILES string of the molecule is CN(C)c1ccc2ccccc2c1.c1ccc2ccccc2c1. The van der Waals surface area contributed by atoms with Crippen LogP contribution in [0.4, 0.5) is 5.69 Å². The molecule has 0 aliphatic heterocycles. The molecule has 0 bridgehead atoms. The predicted octanol–water partition coefficient (Wildman–Crippen LogP) is 5.75. The number of anilines is 1. The van der Waals surface area contributed by atoms with Gasteiger partial charge in [-0.25, -0.2) is 0 Å². The van der Waals surface area contributed by atoms with Gasteiger partial charge < -0.3 is 4.90 Å². The Morgan fingerprint density at radius 1 is 0.478 bits per heavy atom. The van der Waals surface area contributed by atoms with E-state index in [4.69, 9.17) is 0 Å². The lowest BCUT2D eigenvalue weighted by atomic mass is 10.1. The van der Waals surface area contributed by atoms with Gasteiger partial charge >= 0.3 is 0 Å². The second-order valence-corrected chi connectivity index (χ2v) is 5.77. The van der Waals surface area contributed by atoms with Gasteiger partial charge in [0.25, 0.3) is 0 Å². The van der Waals surface area contributed by atoms with Crippen molar-refractivity contribution in [3.63, 3.8) is 0 Å². The zero-order chi connectivity index (χ0) is 16.1. The second kappa shape index (κ2) is 6.97. The molecule has 0 unspecified atom stereocenters. The van der Waals surface area contributed by atoms with Crippen molar-refractivity contribution in [2.75, 3.05) is 19.0 Å². The molecule has 0 saturated carbocycles. The summed E-state index contributed by atoms with van der Waals surface area (Å²) in [5.41, 5.74) is 1.25. The third-order valence-electron chi connectivity index (χ3n) is 3.91. The Kier molecular flexibility index (Phi) is 4.58. The highest BCUT2D eigenvalue weighted by molar-refractivity contribution is 5.85. The Hall–Kier alpha value is -2.80. The van der Waals surface area contributed by atoms with E-state index in [1.165, 1.54) is 27.2 Å². The van der Waals surface area contributed by atoms with Crippen LogP contribution in [0.15, 0.2) is 91.0 Å². The van der Waals surface area contributed by atoms with E-state index in [2.05, 4.69) is 110 Å². The summed E-state index contributed by atoms with van der Waals surface area (Å²) in [5.74, 6) is 0. The first-order valence-corrected chi connectivity index (χ1v) is 7.84. The Balaban J connectivity index is 0.000000140. The summed E-state index contributed by atoms with van der Waals surface area (Å²) in [6, 6.07) is 31.6. The topological polar surface area (TPSA) is 3.24 Å². The molecule has 0 spiro atoms. The molecule has 0 atom stereocenters. The summed E-state index contributed by atoms with van der Waals surface area (Å²) in [7, 11) is 4.12. The Labute approximate surface area is 137 Å². The lowest BCUT2D eigenvalue weighted by molar-refractivity contribution is 1.14. The van der Waals surface area contributed by atoms with Crippen LogP contribution >= 0.6 is 0 Å². The molecule has 0 aliphatic carbocycles. The first-order valence-electron chi connectivity index (χ1n) is 7.84. The fourth-order valence-corrected chi connectivity index (χ4v) is 2.59. The van der Waals surface area contributed by atoms with Gasteiger partial charge in [-0.05, 0) is 33.7 Å². The van der Waals surface area contributed by atoms with Gasteiger partial charge in [0, 0.05) is 19.8 Å². The van der Waals surface area contributed by atoms with Crippen LogP contribution in [0.25, 0.3) is 21.5 Å². The van der Waals surface area contributed by atoms with Crippen molar-refractivity contribution in [1.82, 2.24) is 0 Å². The number of nitrogens with zero attached hydrogens (tertiary/aromatic N) is 1. The van der Waals surface area contributed by atoms with Gasteiger partial charge in [0.15, 0.2) is 0 Å². The highest BCUT2D eigenvalue weighted by Gasteiger charge is 1.96. The molecule has 4 aromatic rings. The molecule has 1 heteroatoms. The van der Waals surface area contributed by atoms with E-state index in [0.717, 1.165) is 0 Å². The molecule has 0 heterocycles. The fraction of sp³-hybridized carbons (Fsp3) is 0.0909. The summed E-state index contributed by atoms with van der Waals surface area (Å²) in [4.78, 5) is 2.12. The van der Waals surface area contributed by atoms with Crippen LogP contribution < -0.4 is 4.90 Å². The molecule has 4 aromatic carbocycles. The molecule has 0 amide bonds. The van der Waals surface area contributed by atoms with E-state index in [-0.39, 0.29) is 0 Å². The standard InChI is InChI=1S/C12H13N.C10H8/c1-13(2)12-8-7-10-5-3-4-6-11(10)9-12;1-2-6-10-8-4-3-7-9(10)5-1/h3-9H,1-2H3;1-8H. The quantitative estimate of drug-likeness (QED) is 0.433. The first-order chi connectivity index (χ1) is 11.2. The summed E-state index contributed by atoms with van der Waals surface area (Å²) in [6.45, 7) is 0. The van der Waals surface area contributed by atoms with E-state index >= 15 is 0 Å². The molecule has 0 radical (unpaired) electrons. The van der Waals surface area contributed by atoms with Crippen molar-refractivity contribution in [2.24, 2.45) is 0 Å². The monoisotopic (exact) mass is 299 g/mol. The minimum absolute atomic E-state index is 1.25. The van der Waals surface area contributed by atoms with Crippen LogP contribution in [-0.2, 0) is 0 Å². The zero-order valence-corrected chi connectivity index (χ0v) is 13.6. The maximum Gasteiger partial charge on any atom is 0.0367 e. The Bertz CT molecular complexity index is 844. The molecule has 0 saturated heterocycles. The molecule has 0 N–H and O–H groups in total. The molecule has 0 aromatic heterocycles. The van der Waals surface area contributed by atoms with Gasteiger partial charge in [-0.1, -0.05) is 78.9 Å². The van der Waals surface area contributed by atoms with E-state index < -0.39 is 0 Å². The number of fused-ring (bicyclic) bond motifs is 2. The average molecular weight is 299 g/mol. The van der Waals surface area contributed by atoms with Gasteiger partial charge in [-0.15, -0.1) is 0 Å². The molecule has 114 valence electrons. The molecule has 0 aliphatic rings. The number of rotatable bonds is 1. The third-order valence-corrected chi connectivity index (χ3v) is 3.91. The Morgan fingerprint density at radius 3 is 1.30 bits per heavy atom. The molecule has 23 heavy (non-hydrogen) atoms. The smallest absolute Gasteiger partial charge is 0.0367 e. The largest absolute Gasteiger partial charge is 0.378 e. The first kappa shape index (κ1) is 15.1. The molecular formula is C22H21N. The second-order valence-electron chi connectivity index (χ2n) is 5.77. The van der Waals surface area contributed by atoms with Crippen LogP contribution in [0.5, 0.6) is 0 Å². The maximum absolute atomic E-state index is 2.20. The molecule has 4 rings (SSSR count). The number of hydrogen-bond donors (Lipinski definition) is 0. The van der Waals surface area contributed by atoms with Gasteiger partial charge in [0.2, 0.25) is 0 Å². The van der Waals surface area contributed by atoms with Crippen molar-refractivity contribution >= 4 is 27.2 Å². The van der Waals surface area contributed by atoms with Crippen molar-refractivity contribution in [1.29, 1.82) is 0 Å². The lowest BCUT2D eigenvalue weighted by Crippen LogP contribution is -2.07. The van der Waals surface area contributed by atoms with Gasteiger partial charge in [0.1, 0.15) is 0 Å². The highest BCUT2D eigenvalue weighted by Crippen LogP contribution is 2.20. The predicted molar refractivity (Wildman–Crippen MR) is 102 cm³/mol. The van der Waals surface area contributed by atoms with Crippen LogP contribution in [0, 0.1) is 0 Å². The summed E-state index contributed by atoms with van der Waals surface area (Å²) < 4.78 is 0. The van der Waals surface area contributed by atoms with Gasteiger partial charge in [-0.3, -0.25) is 0 Å². The van der Waals surface area contributed by atoms with Crippen LogP contribution in [-0.4, -0.2) is 14.1 Å². The molecule has 0 fully saturated rings. The van der Waals surface area contributed by atoms with Gasteiger partial charge in [-0.2, -0.15) is 0 Å². The van der Waals surface area contributed by atoms with Crippen LogP contribution in [0.2, 0.25) is 0 Å². The van der Waals surface area contributed by atoms with E-state index in [1.807, 2.05) is 0 Å². The molecular weight excluding hydrogens is 278 g/mol. The zero-order valence-electron chi connectivity index (χ0n) is 13.6. The van der Waals surface area contributed by atoms with E-state index in [9.17, 15) is 0 Å². The van der Waals surface area contributed by atoms with E-state index in [0.29, 0.717) is 0 Å². The van der Waals surface area contributed by atoms with Crippen molar-refractivity contribution in [2.45, 2.75) is 0 Å². The number of benzene rings is 4. The third kappa shape index (κ3) is 3.70. The van der Waals surface area contributed by atoms with Crippen molar-refractivity contribution in [3.8, 4) is 0 Å². The number of hydrogen-bond acceptors (Lipinski definition) is 1. The summed E-state index contributed by atoms with van der Waals surface area (Å²) in [6.07, 6.45) is 0. The highest BCUT2D eigenvalue weighted by atomic mass is 15.1. The molecule has 1 nitrogen and oxygen atoms in total. The minimum Gasteiger partial charge on any atom is -0.378 e. The van der Waals surface area contributed by atoms with Crippen LogP contribution in [0.3, 0.4) is 0 Å². The van der Waals surface area contributed by atoms with E-state index in [1.54, 1.807) is 0 Å². The minimum atomic E-state index is 1.25. The summed E-state index contributed by atoms with van der Waals surface area (Å²) in [5, 5.41) is 5.22.